The number of piperazine rings is 1. The predicted octanol–water partition coefficient (Wildman–Crippen LogP) is 3.83. The summed E-state index contributed by atoms with van der Waals surface area (Å²) < 4.78 is 5.71. The molecule has 0 spiro atoms. The van der Waals surface area contributed by atoms with Crippen LogP contribution in [0.2, 0.25) is 0 Å². The van der Waals surface area contributed by atoms with Gasteiger partial charge in [-0.15, -0.1) is 0 Å². The molecule has 0 aliphatic carbocycles. The number of amides is 2. The number of ether oxygens (including phenoxy) is 1. The molecule has 138 valence electrons. The lowest BCUT2D eigenvalue weighted by molar-refractivity contribution is 0.143. The maximum Gasteiger partial charge on any atom is 0.321 e. The third-order valence-corrected chi connectivity index (χ3v) is 4.46. The number of hydrogen-bond acceptors (Lipinski definition) is 3. The number of benzene rings is 2. The Kier molecular flexibility index (Phi) is 6.50. The quantitative estimate of drug-likeness (QED) is 0.858. The van der Waals surface area contributed by atoms with E-state index in [1.807, 2.05) is 47.4 Å². The Morgan fingerprint density at radius 3 is 2.54 bits per heavy atom. The molecule has 0 aromatic heterocycles. The van der Waals surface area contributed by atoms with Crippen molar-refractivity contribution in [3.05, 3.63) is 60.2 Å². The van der Waals surface area contributed by atoms with Crippen molar-refractivity contribution < 1.29 is 9.53 Å². The molecule has 1 fully saturated rings. The lowest BCUT2D eigenvalue weighted by Gasteiger charge is -2.34. The summed E-state index contributed by atoms with van der Waals surface area (Å²) in [7, 11) is 0. The highest BCUT2D eigenvalue weighted by Crippen LogP contribution is 2.16. The van der Waals surface area contributed by atoms with Gasteiger partial charge in [0.1, 0.15) is 5.75 Å². The summed E-state index contributed by atoms with van der Waals surface area (Å²) in [5, 5.41) is 2.96. The second-order valence-corrected chi connectivity index (χ2v) is 6.56. The third kappa shape index (κ3) is 5.23. The van der Waals surface area contributed by atoms with Crippen LogP contribution in [0.5, 0.6) is 5.75 Å². The SMILES string of the molecule is CCCOc1cccc(CN2CCN(C(=O)Nc3ccccc3)CC2)c1. The molecule has 1 aliphatic heterocycles. The van der Waals surface area contributed by atoms with Crippen LogP contribution in [0, 0.1) is 0 Å². The Morgan fingerprint density at radius 2 is 1.81 bits per heavy atom. The summed E-state index contributed by atoms with van der Waals surface area (Å²) >= 11 is 0. The van der Waals surface area contributed by atoms with Crippen LogP contribution in [0.15, 0.2) is 54.6 Å². The highest BCUT2D eigenvalue weighted by molar-refractivity contribution is 5.89. The zero-order chi connectivity index (χ0) is 18.2. The lowest BCUT2D eigenvalue weighted by Crippen LogP contribution is -2.49. The van der Waals surface area contributed by atoms with Crippen molar-refractivity contribution >= 4 is 11.7 Å². The van der Waals surface area contributed by atoms with Crippen molar-refractivity contribution in [2.75, 3.05) is 38.1 Å². The summed E-state index contributed by atoms with van der Waals surface area (Å²) in [6.45, 7) is 6.98. The maximum atomic E-state index is 12.4. The fourth-order valence-corrected chi connectivity index (χ4v) is 3.04. The molecule has 0 radical (unpaired) electrons. The van der Waals surface area contributed by atoms with Crippen LogP contribution in [0.3, 0.4) is 0 Å². The van der Waals surface area contributed by atoms with Crippen LogP contribution in [0.1, 0.15) is 18.9 Å². The summed E-state index contributed by atoms with van der Waals surface area (Å²) in [4.78, 5) is 16.6. The summed E-state index contributed by atoms with van der Waals surface area (Å²) in [5.41, 5.74) is 2.09. The summed E-state index contributed by atoms with van der Waals surface area (Å²) in [6.07, 6.45) is 1.01. The lowest BCUT2D eigenvalue weighted by atomic mass is 10.2. The summed E-state index contributed by atoms with van der Waals surface area (Å²) in [5.74, 6) is 0.935. The van der Waals surface area contributed by atoms with Gasteiger partial charge in [0, 0.05) is 38.4 Å². The Hall–Kier alpha value is -2.53. The maximum absolute atomic E-state index is 12.4. The minimum Gasteiger partial charge on any atom is -0.494 e. The van der Waals surface area contributed by atoms with Gasteiger partial charge in [0.25, 0.3) is 0 Å². The largest absolute Gasteiger partial charge is 0.494 e. The molecular weight excluding hydrogens is 326 g/mol. The fourth-order valence-electron chi connectivity index (χ4n) is 3.04. The topological polar surface area (TPSA) is 44.8 Å². The van der Waals surface area contributed by atoms with Crippen LogP contribution in [-0.2, 0) is 6.54 Å². The number of hydrogen-bond donors (Lipinski definition) is 1. The predicted molar refractivity (Wildman–Crippen MR) is 105 cm³/mol. The van der Waals surface area contributed by atoms with Gasteiger partial charge < -0.3 is 15.0 Å². The molecule has 0 unspecified atom stereocenters. The van der Waals surface area contributed by atoms with Gasteiger partial charge in [0.05, 0.1) is 6.61 Å². The molecule has 0 bridgehead atoms. The van der Waals surface area contributed by atoms with Crippen molar-refractivity contribution in [2.24, 2.45) is 0 Å². The fraction of sp³-hybridized carbons (Fsp3) is 0.381. The number of rotatable bonds is 6. The number of anilines is 1. The average Bonchev–Trinajstić information content (AvgIpc) is 2.68. The van der Waals surface area contributed by atoms with Crippen LogP contribution < -0.4 is 10.1 Å². The van der Waals surface area contributed by atoms with Crippen molar-refractivity contribution in [1.29, 1.82) is 0 Å². The first-order chi connectivity index (χ1) is 12.7. The molecule has 1 aliphatic rings. The van der Waals surface area contributed by atoms with Gasteiger partial charge in [-0.3, -0.25) is 4.90 Å². The minimum absolute atomic E-state index is 0.0224. The highest BCUT2D eigenvalue weighted by atomic mass is 16.5. The van der Waals surface area contributed by atoms with Crippen LogP contribution >= 0.6 is 0 Å². The molecule has 0 atom stereocenters. The van der Waals surface area contributed by atoms with E-state index in [-0.39, 0.29) is 6.03 Å². The number of carbonyl (C=O) groups is 1. The zero-order valence-electron chi connectivity index (χ0n) is 15.4. The number of urea groups is 1. The van der Waals surface area contributed by atoms with E-state index in [1.165, 1.54) is 5.56 Å². The molecule has 26 heavy (non-hydrogen) atoms. The molecule has 1 N–H and O–H groups in total. The normalized spacial score (nSPS) is 14.9. The van der Waals surface area contributed by atoms with Gasteiger partial charge in [-0.2, -0.15) is 0 Å². The van der Waals surface area contributed by atoms with E-state index in [9.17, 15) is 4.79 Å². The van der Waals surface area contributed by atoms with Crippen molar-refractivity contribution in [3.8, 4) is 5.75 Å². The van der Waals surface area contributed by atoms with Gasteiger partial charge in [-0.05, 0) is 36.2 Å². The van der Waals surface area contributed by atoms with Gasteiger partial charge in [0.2, 0.25) is 0 Å². The first kappa shape index (κ1) is 18.3. The summed E-state index contributed by atoms with van der Waals surface area (Å²) in [6, 6.07) is 17.9. The second-order valence-electron chi connectivity index (χ2n) is 6.56. The molecule has 3 rings (SSSR count). The monoisotopic (exact) mass is 353 g/mol. The van der Waals surface area contributed by atoms with E-state index in [1.54, 1.807) is 0 Å². The van der Waals surface area contributed by atoms with E-state index < -0.39 is 0 Å². The molecular formula is C21H27N3O2. The molecule has 2 aromatic carbocycles. The van der Waals surface area contributed by atoms with Gasteiger partial charge in [-0.1, -0.05) is 37.3 Å². The molecule has 5 heteroatoms. The average molecular weight is 353 g/mol. The standard InChI is InChI=1S/C21H27N3O2/c1-2-15-26-20-10-6-7-18(16-20)17-23-11-13-24(14-12-23)21(25)22-19-8-4-3-5-9-19/h3-10,16H,2,11-15,17H2,1H3,(H,22,25). The molecule has 2 aromatic rings. The number of nitrogens with zero attached hydrogens (tertiary/aromatic N) is 2. The van der Waals surface area contributed by atoms with E-state index in [0.717, 1.165) is 57.2 Å². The highest BCUT2D eigenvalue weighted by Gasteiger charge is 2.21. The first-order valence-electron chi connectivity index (χ1n) is 9.29. The molecule has 5 nitrogen and oxygen atoms in total. The number of para-hydroxylation sites is 1. The van der Waals surface area contributed by atoms with E-state index in [2.05, 4.69) is 29.3 Å². The van der Waals surface area contributed by atoms with E-state index in [0.29, 0.717) is 0 Å². The second kappa shape index (κ2) is 9.25. The van der Waals surface area contributed by atoms with Crippen LogP contribution in [-0.4, -0.2) is 48.6 Å². The first-order valence-corrected chi connectivity index (χ1v) is 9.29. The van der Waals surface area contributed by atoms with Crippen molar-refractivity contribution in [2.45, 2.75) is 19.9 Å². The van der Waals surface area contributed by atoms with Crippen molar-refractivity contribution in [1.82, 2.24) is 9.80 Å². The van der Waals surface area contributed by atoms with E-state index in [4.69, 9.17) is 4.74 Å². The number of nitrogens with one attached hydrogen (secondary N) is 1. The number of carbonyl (C=O) groups excluding carboxylic acids is 1. The van der Waals surface area contributed by atoms with Crippen LogP contribution in [0.25, 0.3) is 0 Å². The Bertz CT molecular complexity index is 697. The van der Waals surface area contributed by atoms with Crippen molar-refractivity contribution in [3.63, 3.8) is 0 Å². The van der Waals surface area contributed by atoms with E-state index >= 15 is 0 Å². The molecule has 2 amide bonds. The third-order valence-electron chi connectivity index (χ3n) is 4.46. The Labute approximate surface area is 155 Å². The van der Waals surface area contributed by atoms with Gasteiger partial charge in [0.15, 0.2) is 0 Å². The van der Waals surface area contributed by atoms with Crippen LogP contribution in [0.4, 0.5) is 10.5 Å². The molecule has 1 saturated heterocycles. The molecule has 1 heterocycles. The van der Waals surface area contributed by atoms with Gasteiger partial charge in [-0.25, -0.2) is 4.79 Å². The Morgan fingerprint density at radius 1 is 1.04 bits per heavy atom. The van der Waals surface area contributed by atoms with Gasteiger partial charge >= 0.3 is 6.03 Å². The Balaban J connectivity index is 1.47. The zero-order valence-corrected chi connectivity index (χ0v) is 15.4. The molecule has 0 saturated carbocycles. The minimum atomic E-state index is -0.0224. The smallest absolute Gasteiger partial charge is 0.321 e.